The van der Waals surface area contributed by atoms with E-state index in [1.807, 2.05) is 24.3 Å². The van der Waals surface area contributed by atoms with Crippen molar-refractivity contribution in [1.82, 2.24) is 10.6 Å². The maximum atomic E-state index is 12.1. The molecule has 1 atom stereocenters. The Kier molecular flexibility index (Phi) is 10.5. The van der Waals surface area contributed by atoms with Gasteiger partial charge in [-0.3, -0.25) is 4.79 Å². The Bertz CT molecular complexity index is 490. The average Bonchev–Trinajstić information content (AvgIpc) is 2.62. The van der Waals surface area contributed by atoms with Crippen LogP contribution in [0.2, 0.25) is 0 Å². The van der Waals surface area contributed by atoms with Crippen LogP contribution in [-0.4, -0.2) is 39.3 Å². The topological polar surface area (TPSA) is 59.6 Å². The van der Waals surface area contributed by atoms with Crippen LogP contribution < -0.4 is 15.4 Å². The van der Waals surface area contributed by atoms with Crippen molar-refractivity contribution in [2.75, 3.05) is 33.4 Å². The summed E-state index contributed by atoms with van der Waals surface area (Å²) in [5.41, 5.74) is 1.08. The highest BCUT2D eigenvalue weighted by atomic mass is 35.5. The second-order valence-electron chi connectivity index (χ2n) is 6.53. The van der Waals surface area contributed by atoms with Crippen molar-refractivity contribution in [2.24, 2.45) is 11.8 Å². The molecule has 0 radical (unpaired) electrons. The van der Waals surface area contributed by atoms with Gasteiger partial charge in [0.05, 0.1) is 6.61 Å². The van der Waals surface area contributed by atoms with Gasteiger partial charge in [0.25, 0.3) is 0 Å². The van der Waals surface area contributed by atoms with E-state index in [9.17, 15) is 4.79 Å². The first-order valence-electron chi connectivity index (χ1n) is 8.87. The van der Waals surface area contributed by atoms with Crippen LogP contribution in [0.15, 0.2) is 24.3 Å². The second-order valence-corrected chi connectivity index (χ2v) is 6.53. The smallest absolute Gasteiger partial charge is 0.220 e. The maximum Gasteiger partial charge on any atom is 0.220 e. The zero-order chi connectivity index (χ0) is 17.2. The lowest BCUT2D eigenvalue weighted by Gasteiger charge is -2.27. The highest BCUT2D eigenvalue weighted by Crippen LogP contribution is 2.24. The molecule has 1 aromatic rings. The van der Waals surface area contributed by atoms with E-state index in [1.54, 1.807) is 7.11 Å². The van der Waals surface area contributed by atoms with E-state index in [1.165, 1.54) is 12.8 Å². The third kappa shape index (κ3) is 8.08. The third-order valence-corrected chi connectivity index (χ3v) is 4.67. The van der Waals surface area contributed by atoms with Crippen molar-refractivity contribution in [3.8, 4) is 5.75 Å². The molecule has 2 N–H and O–H groups in total. The summed E-state index contributed by atoms with van der Waals surface area (Å²) in [7, 11) is 1.65. The Morgan fingerprint density at radius 3 is 2.56 bits per heavy atom. The predicted molar refractivity (Wildman–Crippen MR) is 102 cm³/mol. The molecule has 0 spiro atoms. The lowest BCUT2D eigenvalue weighted by Crippen LogP contribution is -2.33. The molecule has 2 rings (SSSR count). The number of carbonyl (C=O) groups excluding carboxylic acids is 1. The van der Waals surface area contributed by atoms with Crippen LogP contribution in [0, 0.1) is 11.8 Å². The van der Waals surface area contributed by atoms with E-state index in [0.717, 1.165) is 24.4 Å². The van der Waals surface area contributed by atoms with Crippen molar-refractivity contribution < 1.29 is 14.3 Å². The zero-order valence-corrected chi connectivity index (χ0v) is 16.1. The molecule has 0 aromatic heterocycles. The summed E-state index contributed by atoms with van der Waals surface area (Å²) in [5, 5.41) is 6.40. The number of piperidine rings is 1. The van der Waals surface area contributed by atoms with E-state index < -0.39 is 0 Å². The summed E-state index contributed by atoms with van der Waals surface area (Å²) in [5.74, 6) is 2.08. The number of benzene rings is 1. The number of methoxy groups -OCH3 is 1. The summed E-state index contributed by atoms with van der Waals surface area (Å²) in [4.78, 5) is 12.1. The number of rotatable bonds is 9. The minimum atomic E-state index is 0. The van der Waals surface area contributed by atoms with Gasteiger partial charge in [-0.2, -0.15) is 0 Å². The number of halogens is 1. The Balaban J connectivity index is 0.00000312. The summed E-state index contributed by atoms with van der Waals surface area (Å²) < 4.78 is 10.5. The summed E-state index contributed by atoms with van der Waals surface area (Å²) in [6, 6.07) is 7.82. The van der Waals surface area contributed by atoms with E-state index in [-0.39, 0.29) is 18.3 Å². The lowest BCUT2D eigenvalue weighted by atomic mass is 9.84. The van der Waals surface area contributed by atoms with Crippen LogP contribution >= 0.6 is 12.4 Å². The standard InChI is InChI=1S/C19H30N2O3.ClH/c1-15(17-7-9-20-10-8-17)13-19(22)21-14-16-3-5-18(6-4-16)24-12-11-23-2;/h3-6,15,17,20H,7-14H2,1-2H3,(H,21,22);1H. The number of carbonyl (C=O) groups is 1. The molecular formula is C19H31ClN2O3. The van der Waals surface area contributed by atoms with Crippen molar-refractivity contribution in [3.63, 3.8) is 0 Å². The van der Waals surface area contributed by atoms with Gasteiger partial charge in [-0.05, 0) is 55.5 Å². The van der Waals surface area contributed by atoms with Gasteiger partial charge >= 0.3 is 0 Å². The van der Waals surface area contributed by atoms with Crippen LogP contribution in [0.5, 0.6) is 5.75 Å². The first kappa shape index (κ1) is 21.7. The molecule has 1 fully saturated rings. The molecular weight excluding hydrogens is 340 g/mol. The highest BCUT2D eigenvalue weighted by Gasteiger charge is 2.21. The van der Waals surface area contributed by atoms with Gasteiger partial charge in [-0.1, -0.05) is 19.1 Å². The monoisotopic (exact) mass is 370 g/mol. The normalized spacial score (nSPS) is 15.9. The highest BCUT2D eigenvalue weighted by molar-refractivity contribution is 5.85. The van der Waals surface area contributed by atoms with Crippen LogP contribution in [0.1, 0.15) is 31.7 Å². The summed E-state index contributed by atoms with van der Waals surface area (Å²) in [6.45, 7) is 6.04. The van der Waals surface area contributed by atoms with Gasteiger partial charge in [0.2, 0.25) is 5.91 Å². The largest absolute Gasteiger partial charge is 0.491 e. The molecule has 6 heteroatoms. The molecule has 0 bridgehead atoms. The van der Waals surface area contributed by atoms with Crippen LogP contribution in [-0.2, 0) is 16.1 Å². The Morgan fingerprint density at radius 2 is 1.92 bits per heavy atom. The van der Waals surface area contributed by atoms with Gasteiger partial charge in [0, 0.05) is 20.1 Å². The molecule has 1 aliphatic rings. The molecule has 1 aromatic carbocycles. The minimum Gasteiger partial charge on any atom is -0.491 e. The predicted octanol–water partition coefficient (Wildman–Crippen LogP) is 2.78. The van der Waals surface area contributed by atoms with Gasteiger partial charge in [0.15, 0.2) is 0 Å². The SMILES string of the molecule is COCCOc1ccc(CNC(=O)CC(C)C2CCNCC2)cc1.Cl. The number of ether oxygens (including phenoxy) is 2. The number of hydrogen-bond acceptors (Lipinski definition) is 4. The fourth-order valence-electron chi connectivity index (χ4n) is 3.09. The Morgan fingerprint density at radius 1 is 1.24 bits per heavy atom. The quantitative estimate of drug-likeness (QED) is 0.656. The molecule has 1 heterocycles. The van der Waals surface area contributed by atoms with Crippen LogP contribution in [0.3, 0.4) is 0 Å². The van der Waals surface area contributed by atoms with E-state index in [0.29, 0.717) is 38.0 Å². The minimum absolute atomic E-state index is 0. The van der Waals surface area contributed by atoms with Gasteiger partial charge in [-0.15, -0.1) is 12.4 Å². The van der Waals surface area contributed by atoms with E-state index in [2.05, 4.69) is 17.6 Å². The Hall–Kier alpha value is -1.30. The third-order valence-electron chi connectivity index (χ3n) is 4.67. The van der Waals surface area contributed by atoms with Crippen molar-refractivity contribution in [3.05, 3.63) is 29.8 Å². The summed E-state index contributed by atoms with van der Waals surface area (Å²) >= 11 is 0. The van der Waals surface area contributed by atoms with E-state index >= 15 is 0 Å². The van der Waals surface area contributed by atoms with Gasteiger partial charge in [-0.25, -0.2) is 0 Å². The lowest BCUT2D eigenvalue weighted by molar-refractivity contribution is -0.122. The molecule has 142 valence electrons. The number of hydrogen-bond donors (Lipinski definition) is 2. The average molecular weight is 371 g/mol. The maximum absolute atomic E-state index is 12.1. The summed E-state index contributed by atoms with van der Waals surface area (Å²) in [6.07, 6.45) is 2.97. The fourth-order valence-corrected chi connectivity index (χ4v) is 3.09. The van der Waals surface area contributed by atoms with Crippen molar-refractivity contribution in [1.29, 1.82) is 0 Å². The number of nitrogens with one attached hydrogen (secondary N) is 2. The Labute approximate surface area is 157 Å². The van der Waals surface area contributed by atoms with Crippen molar-refractivity contribution in [2.45, 2.75) is 32.7 Å². The zero-order valence-electron chi connectivity index (χ0n) is 15.3. The fraction of sp³-hybridized carbons (Fsp3) is 0.632. The number of amides is 1. The van der Waals surface area contributed by atoms with E-state index in [4.69, 9.17) is 9.47 Å². The molecule has 1 aliphatic heterocycles. The molecule has 5 nitrogen and oxygen atoms in total. The molecule has 25 heavy (non-hydrogen) atoms. The van der Waals surface area contributed by atoms with Gasteiger partial charge < -0.3 is 20.1 Å². The van der Waals surface area contributed by atoms with Crippen molar-refractivity contribution >= 4 is 18.3 Å². The van der Waals surface area contributed by atoms with Crippen LogP contribution in [0.25, 0.3) is 0 Å². The van der Waals surface area contributed by atoms with Gasteiger partial charge in [0.1, 0.15) is 12.4 Å². The molecule has 0 aliphatic carbocycles. The molecule has 0 saturated carbocycles. The molecule has 1 amide bonds. The van der Waals surface area contributed by atoms with Crippen LogP contribution in [0.4, 0.5) is 0 Å². The first-order valence-corrected chi connectivity index (χ1v) is 8.87. The second kappa shape index (κ2) is 12.1. The first-order chi connectivity index (χ1) is 11.7. The molecule has 1 saturated heterocycles. The molecule has 1 unspecified atom stereocenters.